The van der Waals surface area contributed by atoms with Gasteiger partial charge in [-0.25, -0.2) is 0 Å². The Balaban J connectivity index is 2.18. The van der Waals surface area contributed by atoms with Crippen LogP contribution in [0.5, 0.6) is 0 Å². The number of hydrogen-bond acceptors (Lipinski definition) is 1. The smallest absolute Gasteiger partial charge is 0.0335 e. The van der Waals surface area contributed by atoms with Crippen molar-refractivity contribution in [3.63, 3.8) is 0 Å². The van der Waals surface area contributed by atoms with E-state index in [0.717, 1.165) is 8.95 Å². The first-order valence-electron chi connectivity index (χ1n) is 5.89. The predicted molar refractivity (Wildman–Crippen MR) is 75.3 cm³/mol. The predicted octanol–water partition coefficient (Wildman–Crippen LogP) is 4.79. The summed E-state index contributed by atoms with van der Waals surface area (Å²) in [4.78, 5) is 0. The fourth-order valence-corrected chi connectivity index (χ4v) is 3.41. The van der Waals surface area contributed by atoms with Gasteiger partial charge in [0.15, 0.2) is 0 Å². The summed E-state index contributed by atoms with van der Waals surface area (Å²) >= 11 is 7.11. The maximum atomic E-state index is 6.39. The van der Waals surface area contributed by atoms with Crippen LogP contribution in [0.3, 0.4) is 0 Å². The van der Waals surface area contributed by atoms with Crippen molar-refractivity contribution in [1.29, 1.82) is 0 Å². The van der Waals surface area contributed by atoms with Crippen LogP contribution in [-0.4, -0.2) is 0 Å². The first-order chi connectivity index (χ1) is 7.68. The van der Waals surface area contributed by atoms with Crippen molar-refractivity contribution in [1.82, 2.24) is 0 Å². The Morgan fingerprint density at radius 3 is 2.50 bits per heavy atom. The van der Waals surface area contributed by atoms with Gasteiger partial charge in [0.1, 0.15) is 0 Å². The van der Waals surface area contributed by atoms with Crippen molar-refractivity contribution in [2.24, 2.45) is 11.7 Å². The molecule has 1 aromatic rings. The highest BCUT2D eigenvalue weighted by atomic mass is 79.9. The molecule has 88 valence electrons. The molecule has 1 unspecified atom stereocenters. The Hall–Kier alpha value is 0.140. The van der Waals surface area contributed by atoms with Gasteiger partial charge in [0.05, 0.1) is 0 Å². The molecule has 0 heterocycles. The Kier molecular flexibility index (Phi) is 4.45. The van der Waals surface area contributed by atoms with Crippen LogP contribution in [0.1, 0.15) is 43.7 Å². The van der Waals surface area contributed by atoms with Crippen LogP contribution in [0.15, 0.2) is 27.1 Å². The van der Waals surface area contributed by atoms with E-state index in [-0.39, 0.29) is 6.04 Å². The minimum Gasteiger partial charge on any atom is -0.324 e. The van der Waals surface area contributed by atoms with Gasteiger partial charge >= 0.3 is 0 Å². The van der Waals surface area contributed by atoms with Gasteiger partial charge in [-0.2, -0.15) is 0 Å². The molecule has 0 aliphatic heterocycles. The molecule has 0 spiro atoms. The fraction of sp³-hybridized carbons (Fsp3) is 0.538. The molecule has 3 heteroatoms. The molecule has 0 saturated heterocycles. The van der Waals surface area contributed by atoms with E-state index in [2.05, 4.69) is 44.0 Å². The average Bonchev–Trinajstić information content (AvgIpc) is 2.32. The van der Waals surface area contributed by atoms with E-state index < -0.39 is 0 Å². The number of rotatable bonds is 2. The van der Waals surface area contributed by atoms with Gasteiger partial charge in [0.2, 0.25) is 0 Å². The largest absolute Gasteiger partial charge is 0.324 e. The Labute approximate surface area is 114 Å². The van der Waals surface area contributed by atoms with Crippen molar-refractivity contribution in [2.75, 3.05) is 0 Å². The number of halogens is 2. The zero-order valence-electron chi connectivity index (χ0n) is 9.26. The molecule has 1 aromatic carbocycles. The topological polar surface area (TPSA) is 26.0 Å². The van der Waals surface area contributed by atoms with E-state index in [1.807, 2.05) is 6.07 Å². The zero-order chi connectivity index (χ0) is 11.5. The molecular formula is C13H17Br2N. The van der Waals surface area contributed by atoms with Crippen molar-refractivity contribution in [2.45, 2.75) is 38.1 Å². The molecule has 1 saturated carbocycles. The van der Waals surface area contributed by atoms with Gasteiger partial charge in [-0.3, -0.25) is 0 Å². The third-order valence-corrected chi connectivity index (χ3v) is 4.69. The SMILES string of the molecule is NC(c1cc(Br)ccc1Br)C1CCCCC1. The minimum absolute atomic E-state index is 0.173. The summed E-state index contributed by atoms with van der Waals surface area (Å²) in [7, 11) is 0. The summed E-state index contributed by atoms with van der Waals surface area (Å²) in [5.74, 6) is 0.652. The molecule has 1 aliphatic carbocycles. The van der Waals surface area contributed by atoms with Crippen LogP contribution >= 0.6 is 31.9 Å². The van der Waals surface area contributed by atoms with E-state index in [1.54, 1.807) is 0 Å². The van der Waals surface area contributed by atoms with Crippen LogP contribution in [-0.2, 0) is 0 Å². The van der Waals surface area contributed by atoms with Gasteiger partial charge in [-0.15, -0.1) is 0 Å². The first kappa shape index (κ1) is 12.6. The van der Waals surface area contributed by atoms with E-state index in [4.69, 9.17) is 5.73 Å². The van der Waals surface area contributed by atoms with E-state index in [0.29, 0.717) is 5.92 Å². The minimum atomic E-state index is 0.173. The van der Waals surface area contributed by atoms with E-state index in [9.17, 15) is 0 Å². The molecule has 2 rings (SSSR count). The first-order valence-corrected chi connectivity index (χ1v) is 7.47. The lowest BCUT2D eigenvalue weighted by Gasteiger charge is -2.28. The molecule has 0 amide bonds. The van der Waals surface area contributed by atoms with Gasteiger partial charge in [0, 0.05) is 15.0 Å². The van der Waals surface area contributed by atoms with Crippen molar-refractivity contribution < 1.29 is 0 Å². The summed E-state index contributed by atoms with van der Waals surface area (Å²) < 4.78 is 2.24. The molecular weight excluding hydrogens is 330 g/mol. The highest BCUT2D eigenvalue weighted by Crippen LogP contribution is 2.36. The zero-order valence-corrected chi connectivity index (χ0v) is 12.4. The van der Waals surface area contributed by atoms with Crippen molar-refractivity contribution in [3.8, 4) is 0 Å². The summed E-state index contributed by atoms with van der Waals surface area (Å²) in [6.07, 6.45) is 6.61. The van der Waals surface area contributed by atoms with Gasteiger partial charge in [-0.05, 0) is 42.5 Å². The monoisotopic (exact) mass is 345 g/mol. The molecule has 0 aromatic heterocycles. The molecule has 0 bridgehead atoms. The van der Waals surface area contributed by atoms with Crippen LogP contribution in [0, 0.1) is 5.92 Å². The highest BCUT2D eigenvalue weighted by molar-refractivity contribution is 9.11. The normalized spacial score (nSPS) is 19.7. The van der Waals surface area contributed by atoms with Gasteiger partial charge < -0.3 is 5.73 Å². The molecule has 1 fully saturated rings. The molecule has 1 aliphatic rings. The van der Waals surface area contributed by atoms with Crippen molar-refractivity contribution >= 4 is 31.9 Å². The second kappa shape index (κ2) is 5.65. The van der Waals surface area contributed by atoms with E-state index in [1.165, 1.54) is 37.7 Å². The lowest BCUT2D eigenvalue weighted by molar-refractivity contribution is 0.307. The lowest BCUT2D eigenvalue weighted by atomic mass is 9.81. The number of hydrogen-bond donors (Lipinski definition) is 1. The molecule has 1 nitrogen and oxygen atoms in total. The Morgan fingerprint density at radius 2 is 1.81 bits per heavy atom. The van der Waals surface area contributed by atoms with Crippen molar-refractivity contribution in [3.05, 3.63) is 32.7 Å². The Bertz CT molecular complexity index is 359. The standard InChI is InChI=1S/C13H17Br2N/c14-10-6-7-12(15)11(8-10)13(16)9-4-2-1-3-5-9/h6-9,13H,1-5,16H2. The lowest BCUT2D eigenvalue weighted by Crippen LogP contribution is -2.23. The van der Waals surface area contributed by atoms with Crippen LogP contribution in [0.25, 0.3) is 0 Å². The average molecular weight is 347 g/mol. The summed E-state index contributed by atoms with van der Waals surface area (Å²) in [6.45, 7) is 0. The third kappa shape index (κ3) is 2.88. The van der Waals surface area contributed by atoms with E-state index >= 15 is 0 Å². The summed E-state index contributed by atoms with van der Waals surface area (Å²) in [5.41, 5.74) is 7.63. The summed E-state index contributed by atoms with van der Waals surface area (Å²) in [6, 6.07) is 6.43. The number of benzene rings is 1. The van der Waals surface area contributed by atoms with Crippen LogP contribution < -0.4 is 5.73 Å². The number of nitrogens with two attached hydrogens (primary N) is 1. The van der Waals surface area contributed by atoms with Crippen LogP contribution in [0.2, 0.25) is 0 Å². The van der Waals surface area contributed by atoms with Crippen LogP contribution in [0.4, 0.5) is 0 Å². The van der Waals surface area contributed by atoms with Gasteiger partial charge in [-0.1, -0.05) is 51.1 Å². The molecule has 1 atom stereocenters. The molecule has 2 N–H and O–H groups in total. The fourth-order valence-electron chi connectivity index (χ4n) is 2.52. The summed E-state index contributed by atoms with van der Waals surface area (Å²) in [5, 5.41) is 0. The maximum absolute atomic E-state index is 6.39. The Morgan fingerprint density at radius 1 is 1.12 bits per heavy atom. The maximum Gasteiger partial charge on any atom is 0.0335 e. The molecule has 16 heavy (non-hydrogen) atoms. The third-order valence-electron chi connectivity index (χ3n) is 3.47. The second-order valence-electron chi connectivity index (χ2n) is 4.59. The second-order valence-corrected chi connectivity index (χ2v) is 6.36. The van der Waals surface area contributed by atoms with Gasteiger partial charge in [0.25, 0.3) is 0 Å². The highest BCUT2D eigenvalue weighted by Gasteiger charge is 2.23. The molecule has 0 radical (unpaired) electrons. The quantitative estimate of drug-likeness (QED) is 0.818.